The highest BCUT2D eigenvalue weighted by molar-refractivity contribution is 5.96. The van der Waals surface area contributed by atoms with Crippen molar-refractivity contribution >= 4 is 11.6 Å². The number of aromatic nitrogens is 1. The van der Waals surface area contributed by atoms with Crippen LogP contribution in [0.1, 0.15) is 24.3 Å². The van der Waals surface area contributed by atoms with Crippen molar-refractivity contribution in [3.05, 3.63) is 35.7 Å². The van der Waals surface area contributed by atoms with E-state index in [1.165, 1.54) is 0 Å². The Morgan fingerprint density at radius 2 is 2.12 bits per heavy atom. The smallest absolute Gasteiger partial charge is 0.233 e. The van der Waals surface area contributed by atoms with Gasteiger partial charge in [0.1, 0.15) is 5.76 Å². The van der Waals surface area contributed by atoms with Crippen LogP contribution in [-0.2, 0) is 9.53 Å². The molecule has 0 spiro atoms. The molecule has 6 heteroatoms. The van der Waals surface area contributed by atoms with Gasteiger partial charge in [0, 0.05) is 18.4 Å². The zero-order valence-electron chi connectivity index (χ0n) is 15.0. The standard InChI is InChI=1S/C19H25N3O3/c1-13-14(2)25-17(21-13)15-5-4-6-16(11-15)22-18(23)19(12-24-3)7-9-20-10-8-19/h4-6,11,20H,7-10,12H2,1-3H3,(H,22,23). The van der Waals surface area contributed by atoms with Crippen molar-refractivity contribution in [3.8, 4) is 11.5 Å². The van der Waals surface area contributed by atoms with E-state index in [2.05, 4.69) is 15.6 Å². The number of carbonyl (C=O) groups is 1. The number of ether oxygens (including phenoxy) is 1. The van der Waals surface area contributed by atoms with Crippen molar-refractivity contribution in [1.29, 1.82) is 0 Å². The minimum Gasteiger partial charge on any atom is -0.441 e. The van der Waals surface area contributed by atoms with Gasteiger partial charge in [-0.1, -0.05) is 6.07 Å². The summed E-state index contributed by atoms with van der Waals surface area (Å²) in [4.78, 5) is 17.4. The van der Waals surface area contributed by atoms with E-state index in [-0.39, 0.29) is 5.91 Å². The fraction of sp³-hybridized carbons (Fsp3) is 0.474. The summed E-state index contributed by atoms with van der Waals surface area (Å²) in [6.45, 7) is 5.89. The third-order valence-corrected chi connectivity index (χ3v) is 4.86. The summed E-state index contributed by atoms with van der Waals surface area (Å²) in [5.74, 6) is 1.38. The molecule has 3 rings (SSSR count). The molecule has 6 nitrogen and oxygen atoms in total. The first kappa shape index (κ1) is 17.6. The van der Waals surface area contributed by atoms with Gasteiger partial charge in [-0.2, -0.15) is 0 Å². The lowest BCUT2D eigenvalue weighted by Gasteiger charge is -2.35. The first-order valence-corrected chi connectivity index (χ1v) is 8.60. The number of hydrogen-bond donors (Lipinski definition) is 2. The average molecular weight is 343 g/mol. The molecule has 134 valence electrons. The van der Waals surface area contributed by atoms with E-state index in [1.54, 1.807) is 7.11 Å². The zero-order chi connectivity index (χ0) is 17.9. The summed E-state index contributed by atoms with van der Waals surface area (Å²) in [6, 6.07) is 7.59. The maximum absolute atomic E-state index is 12.9. The van der Waals surface area contributed by atoms with Gasteiger partial charge in [0.15, 0.2) is 0 Å². The minimum absolute atomic E-state index is 0.00719. The molecule has 1 aliphatic heterocycles. The Morgan fingerprint density at radius 3 is 2.76 bits per heavy atom. The Balaban J connectivity index is 1.80. The van der Waals surface area contributed by atoms with Crippen LogP contribution in [-0.4, -0.2) is 37.7 Å². The SMILES string of the molecule is COCC1(C(=O)Nc2cccc(-c3nc(C)c(C)o3)c2)CCNCC1. The summed E-state index contributed by atoms with van der Waals surface area (Å²) >= 11 is 0. The van der Waals surface area contributed by atoms with Gasteiger partial charge < -0.3 is 19.8 Å². The predicted molar refractivity (Wildman–Crippen MR) is 96.5 cm³/mol. The van der Waals surface area contributed by atoms with Crippen LogP contribution in [0.15, 0.2) is 28.7 Å². The van der Waals surface area contributed by atoms with Gasteiger partial charge >= 0.3 is 0 Å². The number of rotatable bonds is 5. The average Bonchev–Trinajstić information content (AvgIpc) is 2.95. The molecule has 1 aromatic heterocycles. The van der Waals surface area contributed by atoms with Crippen molar-refractivity contribution in [3.63, 3.8) is 0 Å². The summed E-state index contributed by atoms with van der Waals surface area (Å²) in [6.07, 6.45) is 1.54. The van der Waals surface area contributed by atoms with E-state index < -0.39 is 5.41 Å². The highest BCUT2D eigenvalue weighted by Gasteiger charge is 2.39. The molecule has 1 amide bonds. The monoisotopic (exact) mass is 343 g/mol. The third kappa shape index (κ3) is 3.75. The number of nitrogens with one attached hydrogen (secondary N) is 2. The Kier molecular flexibility index (Phi) is 5.20. The molecule has 0 radical (unpaired) electrons. The fourth-order valence-electron chi connectivity index (χ4n) is 3.21. The molecule has 0 unspecified atom stereocenters. The molecule has 0 aliphatic carbocycles. The number of piperidine rings is 1. The Hall–Kier alpha value is -2.18. The van der Waals surface area contributed by atoms with E-state index in [9.17, 15) is 4.79 Å². The molecule has 1 fully saturated rings. The van der Waals surface area contributed by atoms with E-state index in [0.717, 1.165) is 48.6 Å². The molecule has 1 saturated heterocycles. The van der Waals surface area contributed by atoms with Crippen LogP contribution < -0.4 is 10.6 Å². The van der Waals surface area contributed by atoms with Gasteiger partial charge in [-0.05, 0) is 58.0 Å². The highest BCUT2D eigenvalue weighted by Crippen LogP contribution is 2.31. The lowest BCUT2D eigenvalue weighted by atomic mass is 9.78. The number of amides is 1. The largest absolute Gasteiger partial charge is 0.441 e. The number of hydrogen-bond acceptors (Lipinski definition) is 5. The molecule has 2 heterocycles. The molecule has 25 heavy (non-hydrogen) atoms. The number of anilines is 1. The molecule has 1 aromatic carbocycles. The Labute approximate surface area is 148 Å². The molecule has 0 saturated carbocycles. The maximum atomic E-state index is 12.9. The van der Waals surface area contributed by atoms with Gasteiger partial charge in [-0.3, -0.25) is 4.79 Å². The molecule has 1 aliphatic rings. The lowest BCUT2D eigenvalue weighted by molar-refractivity contribution is -0.130. The van der Waals surface area contributed by atoms with Crippen LogP contribution in [0.25, 0.3) is 11.5 Å². The zero-order valence-corrected chi connectivity index (χ0v) is 15.0. The second-order valence-corrected chi connectivity index (χ2v) is 6.66. The Bertz CT molecular complexity index is 723. The number of nitrogens with zero attached hydrogens (tertiary/aromatic N) is 1. The topological polar surface area (TPSA) is 76.4 Å². The lowest BCUT2D eigenvalue weighted by Crippen LogP contribution is -2.47. The molecule has 2 N–H and O–H groups in total. The van der Waals surface area contributed by atoms with Crippen LogP contribution in [0.3, 0.4) is 0 Å². The van der Waals surface area contributed by atoms with Crippen LogP contribution in [0, 0.1) is 19.3 Å². The summed E-state index contributed by atoms with van der Waals surface area (Å²) < 4.78 is 11.0. The van der Waals surface area contributed by atoms with E-state index in [0.29, 0.717) is 12.5 Å². The minimum atomic E-state index is -0.480. The predicted octanol–water partition coefficient (Wildman–Crippen LogP) is 2.91. The van der Waals surface area contributed by atoms with Gasteiger partial charge in [-0.25, -0.2) is 4.98 Å². The molecule has 0 atom stereocenters. The number of benzene rings is 1. The number of aryl methyl sites for hydroxylation is 2. The van der Waals surface area contributed by atoms with E-state index in [4.69, 9.17) is 9.15 Å². The molecular formula is C19H25N3O3. The van der Waals surface area contributed by atoms with Gasteiger partial charge in [0.2, 0.25) is 11.8 Å². The molecular weight excluding hydrogens is 318 g/mol. The quantitative estimate of drug-likeness (QED) is 0.873. The van der Waals surface area contributed by atoms with E-state index >= 15 is 0 Å². The highest BCUT2D eigenvalue weighted by atomic mass is 16.5. The number of methoxy groups -OCH3 is 1. The van der Waals surface area contributed by atoms with Crippen LogP contribution in [0.2, 0.25) is 0 Å². The van der Waals surface area contributed by atoms with E-state index in [1.807, 2.05) is 38.1 Å². The molecule has 0 bridgehead atoms. The normalized spacial score (nSPS) is 16.6. The second-order valence-electron chi connectivity index (χ2n) is 6.66. The van der Waals surface area contributed by atoms with Crippen molar-refractivity contribution in [1.82, 2.24) is 10.3 Å². The summed E-state index contributed by atoms with van der Waals surface area (Å²) in [5, 5.41) is 6.35. The summed E-state index contributed by atoms with van der Waals surface area (Å²) in [5.41, 5.74) is 1.98. The Morgan fingerprint density at radius 1 is 1.36 bits per heavy atom. The van der Waals surface area contributed by atoms with Crippen molar-refractivity contribution in [2.24, 2.45) is 5.41 Å². The third-order valence-electron chi connectivity index (χ3n) is 4.86. The van der Waals surface area contributed by atoms with Gasteiger partial charge in [0.05, 0.1) is 17.7 Å². The summed E-state index contributed by atoms with van der Waals surface area (Å²) in [7, 11) is 1.64. The van der Waals surface area contributed by atoms with Crippen LogP contribution in [0.4, 0.5) is 5.69 Å². The van der Waals surface area contributed by atoms with Crippen LogP contribution >= 0.6 is 0 Å². The molecule has 2 aromatic rings. The van der Waals surface area contributed by atoms with Crippen molar-refractivity contribution < 1.29 is 13.9 Å². The second kappa shape index (κ2) is 7.37. The number of carbonyl (C=O) groups excluding carboxylic acids is 1. The fourth-order valence-corrected chi connectivity index (χ4v) is 3.21. The first-order chi connectivity index (χ1) is 12.0. The number of oxazole rings is 1. The maximum Gasteiger partial charge on any atom is 0.233 e. The first-order valence-electron chi connectivity index (χ1n) is 8.60. The van der Waals surface area contributed by atoms with Gasteiger partial charge in [-0.15, -0.1) is 0 Å². The van der Waals surface area contributed by atoms with Gasteiger partial charge in [0.25, 0.3) is 0 Å². The van der Waals surface area contributed by atoms with Crippen LogP contribution in [0.5, 0.6) is 0 Å². The van der Waals surface area contributed by atoms with Crippen molar-refractivity contribution in [2.75, 3.05) is 32.1 Å². The van der Waals surface area contributed by atoms with Crippen molar-refractivity contribution in [2.45, 2.75) is 26.7 Å².